The highest BCUT2D eigenvalue weighted by Gasteiger charge is 2.16. The number of hydrogen-bond acceptors (Lipinski definition) is 3. The normalized spacial score (nSPS) is 12.4. The molecular formula is C14H14FNO2. The first kappa shape index (κ1) is 12.5. The summed E-state index contributed by atoms with van der Waals surface area (Å²) in [6.45, 7) is 0. The Morgan fingerprint density at radius 1 is 1.28 bits per heavy atom. The van der Waals surface area contributed by atoms with Crippen LogP contribution in [-0.2, 0) is 16.0 Å². The van der Waals surface area contributed by atoms with Crippen LogP contribution in [0.2, 0.25) is 0 Å². The second kappa shape index (κ2) is 5.14. The van der Waals surface area contributed by atoms with Gasteiger partial charge in [-0.25, -0.2) is 4.39 Å². The molecule has 0 heterocycles. The number of nitrogens with two attached hydrogens (primary N) is 1. The topological polar surface area (TPSA) is 52.3 Å². The lowest BCUT2D eigenvalue weighted by molar-refractivity contribution is -0.142. The predicted molar refractivity (Wildman–Crippen MR) is 67.6 cm³/mol. The van der Waals surface area contributed by atoms with Crippen molar-refractivity contribution in [3.05, 3.63) is 47.8 Å². The van der Waals surface area contributed by atoms with E-state index >= 15 is 0 Å². The molecule has 4 heteroatoms. The number of esters is 1. The molecule has 94 valence electrons. The fourth-order valence-electron chi connectivity index (χ4n) is 1.97. The highest BCUT2D eigenvalue weighted by atomic mass is 19.1. The third kappa shape index (κ3) is 2.33. The van der Waals surface area contributed by atoms with Gasteiger partial charge in [-0.2, -0.15) is 0 Å². The van der Waals surface area contributed by atoms with Crippen LogP contribution in [0, 0.1) is 5.82 Å². The number of ether oxygens (including phenoxy) is 1. The lowest BCUT2D eigenvalue weighted by Crippen LogP contribution is -2.33. The minimum Gasteiger partial charge on any atom is -0.468 e. The molecule has 0 aliphatic carbocycles. The lowest BCUT2D eigenvalue weighted by atomic mass is 9.99. The molecule has 2 aromatic carbocycles. The van der Waals surface area contributed by atoms with Crippen molar-refractivity contribution in [2.24, 2.45) is 5.73 Å². The van der Waals surface area contributed by atoms with E-state index in [2.05, 4.69) is 4.74 Å². The Kier molecular flexibility index (Phi) is 3.58. The fourth-order valence-corrected chi connectivity index (χ4v) is 1.97. The Hall–Kier alpha value is -1.94. The van der Waals surface area contributed by atoms with Gasteiger partial charge in [0.25, 0.3) is 0 Å². The second-order valence-electron chi connectivity index (χ2n) is 4.09. The van der Waals surface area contributed by atoms with Crippen LogP contribution >= 0.6 is 0 Å². The van der Waals surface area contributed by atoms with E-state index in [4.69, 9.17) is 5.73 Å². The monoisotopic (exact) mass is 247 g/mol. The van der Waals surface area contributed by atoms with Crippen molar-refractivity contribution >= 4 is 16.7 Å². The van der Waals surface area contributed by atoms with Gasteiger partial charge in [0.15, 0.2) is 0 Å². The number of benzene rings is 2. The van der Waals surface area contributed by atoms with Crippen LogP contribution in [0.1, 0.15) is 5.56 Å². The minimum absolute atomic E-state index is 0.277. The van der Waals surface area contributed by atoms with Crippen molar-refractivity contribution in [3.8, 4) is 0 Å². The Balaban J connectivity index is 2.40. The van der Waals surface area contributed by atoms with Gasteiger partial charge in [0.05, 0.1) is 7.11 Å². The largest absolute Gasteiger partial charge is 0.468 e. The summed E-state index contributed by atoms with van der Waals surface area (Å²) in [6.07, 6.45) is 0.327. The molecule has 0 aliphatic rings. The van der Waals surface area contributed by atoms with Gasteiger partial charge in [0.1, 0.15) is 11.9 Å². The van der Waals surface area contributed by atoms with E-state index in [9.17, 15) is 9.18 Å². The summed E-state index contributed by atoms with van der Waals surface area (Å²) >= 11 is 0. The van der Waals surface area contributed by atoms with Crippen LogP contribution in [0.4, 0.5) is 4.39 Å². The number of rotatable bonds is 3. The van der Waals surface area contributed by atoms with Gasteiger partial charge < -0.3 is 10.5 Å². The first-order valence-corrected chi connectivity index (χ1v) is 5.63. The molecule has 0 bridgehead atoms. The van der Waals surface area contributed by atoms with Crippen LogP contribution in [0.15, 0.2) is 36.4 Å². The summed E-state index contributed by atoms with van der Waals surface area (Å²) in [5.41, 5.74) is 6.56. The van der Waals surface area contributed by atoms with Gasteiger partial charge >= 0.3 is 5.97 Å². The third-order valence-corrected chi connectivity index (χ3v) is 2.90. The molecule has 0 fully saturated rings. The van der Waals surface area contributed by atoms with Crippen molar-refractivity contribution in [2.75, 3.05) is 7.11 Å². The van der Waals surface area contributed by atoms with Crippen molar-refractivity contribution in [3.63, 3.8) is 0 Å². The molecule has 0 aromatic heterocycles. The zero-order chi connectivity index (χ0) is 13.1. The first-order chi connectivity index (χ1) is 8.63. The average Bonchev–Trinajstić information content (AvgIpc) is 2.41. The summed E-state index contributed by atoms with van der Waals surface area (Å²) < 4.78 is 18.2. The van der Waals surface area contributed by atoms with Crippen LogP contribution in [0.5, 0.6) is 0 Å². The molecule has 0 saturated carbocycles. The zero-order valence-corrected chi connectivity index (χ0v) is 10.0. The van der Waals surface area contributed by atoms with Crippen molar-refractivity contribution < 1.29 is 13.9 Å². The van der Waals surface area contributed by atoms with E-state index < -0.39 is 12.0 Å². The smallest absolute Gasteiger partial charge is 0.322 e. The van der Waals surface area contributed by atoms with Gasteiger partial charge in [0, 0.05) is 5.39 Å². The maximum absolute atomic E-state index is 13.6. The van der Waals surface area contributed by atoms with Crippen molar-refractivity contribution in [2.45, 2.75) is 12.5 Å². The molecule has 3 nitrogen and oxygen atoms in total. The fraction of sp³-hybridized carbons (Fsp3) is 0.214. The minimum atomic E-state index is -0.733. The Bertz CT molecular complexity index is 583. The molecule has 0 aliphatic heterocycles. The molecule has 2 N–H and O–H groups in total. The molecule has 2 rings (SSSR count). The predicted octanol–water partition coefficient (Wildman–Crippen LogP) is 2.02. The van der Waals surface area contributed by atoms with E-state index in [0.717, 1.165) is 10.9 Å². The summed E-state index contributed by atoms with van der Waals surface area (Å²) in [7, 11) is 1.30. The van der Waals surface area contributed by atoms with Crippen LogP contribution in [-0.4, -0.2) is 19.1 Å². The summed E-state index contributed by atoms with van der Waals surface area (Å²) in [5.74, 6) is -0.746. The van der Waals surface area contributed by atoms with E-state index in [1.807, 2.05) is 12.1 Å². The summed E-state index contributed by atoms with van der Waals surface area (Å²) in [4.78, 5) is 11.3. The molecule has 0 saturated heterocycles. The second-order valence-corrected chi connectivity index (χ2v) is 4.09. The van der Waals surface area contributed by atoms with E-state index in [-0.39, 0.29) is 5.82 Å². The number of fused-ring (bicyclic) bond motifs is 1. The van der Waals surface area contributed by atoms with E-state index in [0.29, 0.717) is 11.8 Å². The highest BCUT2D eigenvalue weighted by molar-refractivity contribution is 5.87. The number of hydrogen-bond donors (Lipinski definition) is 1. The molecule has 0 radical (unpaired) electrons. The Morgan fingerprint density at radius 2 is 1.94 bits per heavy atom. The molecule has 2 aromatic rings. The van der Waals surface area contributed by atoms with E-state index in [1.165, 1.54) is 13.2 Å². The van der Waals surface area contributed by atoms with E-state index in [1.54, 1.807) is 18.2 Å². The molecular weight excluding hydrogens is 233 g/mol. The lowest BCUT2D eigenvalue weighted by Gasteiger charge is -2.11. The van der Waals surface area contributed by atoms with Crippen LogP contribution < -0.4 is 5.73 Å². The quantitative estimate of drug-likeness (QED) is 0.844. The third-order valence-electron chi connectivity index (χ3n) is 2.90. The zero-order valence-electron chi connectivity index (χ0n) is 10.0. The molecule has 0 amide bonds. The standard InChI is InChI=1S/C14H14FNO2/c1-18-14(17)13(16)8-9-6-7-12(15)11-5-3-2-4-10(9)11/h2-7,13H,8,16H2,1H3/t13-/m0/s1. The first-order valence-electron chi connectivity index (χ1n) is 5.63. The van der Waals surface area contributed by atoms with Crippen LogP contribution in [0.3, 0.4) is 0 Å². The van der Waals surface area contributed by atoms with Crippen molar-refractivity contribution in [1.29, 1.82) is 0 Å². The Morgan fingerprint density at radius 3 is 2.61 bits per heavy atom. The van der Waals surface area contributed by atoms with Gasteiger partial charge in [-0.05, 0) is 23.4 Å². The molecule has 1 atom stereocenters. The maximum atomic E-state index is 13.6. The van der Waals surface area contributed by atoms with Gasteiger partial charge in [0.2, 0.25) is 0 Å². The number of halogens is 1. The number of methoxy groups -OCH3 is 1. The SMILES string of the molecule is COC(=O)[C@@H](N)Cc1ccc(F)c2ccccc12. The van der Waals surface area contributed by atoms with Crippen LogP contribution in [0.25, 0.3) is 10.8 Å². The van der Waals surface area contributed by atoms with Crippen molar-refractivity contribution in [1.82, 2.24) is 0 Å². The number of carbonyl (C=O) groups is 1. The maximum Gasteiger partial charge on any atom is 0.322 e. The number of carbonyl (C=O) groups excluding carboxylic acids is 1. The van der Waals surface area contributed by atoms with Gasteiger partial charge in [-0.3, -0.25) is 4.79 Å². The highest BCUT2D eigenvalue weighted by Crippen LogP contribution is 2.22. The average molecular weight is 247 g/mol. The van der Waals surface area contributed by atoms with Gasteiger partial charge in [-0.15, -0.1) is 0 Å². The summed E-state index contributed by atoms with van der Waals surface area (Å²) in [5, 5.41) is 1.31. The Labute approximate surface area is 104 Å². The molecule has 0 spiro atoms. The van der Waals surface area contributed by atoms with Gasteiger partial charge in [-0.1, -0.05) is 30.3 Å². The molecule has 18 heavy (non-hydrogen) atoms. The summed E-state index contributed by atoms with van der Waals surface area (Å²) in [6, 6.07) is 9.44. The molecule has 0 unspecified atom stereocenters.